The van der Waals surface area contributed by atoms with E-state index in [0.29, 0.717) is 6.54 Å². The van der Waals surface area contributed by atoms with Crippen LogP contribution in [0.2, 0.25) is 0 Å². The summed E-state index contributed by atoms with van der Waals surface area (Å²) in [5, 5.41) is 2.76. The summed E-state index contributed by atoms with van der Waals surface area (Å²) in [7, 11) is 1.42. The average molecular weight is 314 g/mol. The van der Waals surface area contributed by atoms with E-state index in [0.717, 1.165) is 11.3 Å². The topological polar surface area (TPSA) is 80.4 Å². The first-order chi connectivity index (χ1) is 11.1. The number of hydrogen-bond donors (Lipinski definition) is 2. The minimum atomic E-state index is -0.481. The summed E-state index contributed by atoms with van der Waals surface area (Å²) in [6.07, 6.45) is 1.28. The molecule has 6 nitrogen and oxygen atoms in total. The number of carbonyl (C=O) groups excluding carboxylic acids is 1. The lowest BCUT2D eigenvalue weighted by Crippen LogP contribution is -2.38. The number of fused-ring (bicyclic) bond motifs is 1. The van der Waals surface area contributed by atoms with Gasteiger partial charge in [-0.25, -0.2) is 0 Å². The first kappa shape index (κ1) is 15.1. The number of amides is 1. The maximum Gasteiger partial charge on any atom is 0.264 e. The summed E-state index contributed by atoms with van der Waals surface area (Å²) in [6.45, 7) is 2.37. The number of benzene rings is 1. The van der Waals surface area contributed by atoms with E-state index in [-0.39, 0.29) is 23.3 Å². The molecule has 0 spiro atoms. The highest BCUT2D eigenvalue weighted by atomic mass is 16.5. The highest BCUT2D eigenvalue weighted by Gasteiger charge is 2.31. The third-order valence-corrected chi connectivity index (χ3v) is 4.08. The summed E-state index contributed by atoms with van der Waals surface area (Å²) in [5.74, 6) is 0.780. The summed E-state index contributed by atoms with van der Waals surface area (Å²) >= 11 is 0. The fraction of sp³-hybridized carbons (Fsp3) is 0.294. The molecule has 0 saturated heterocycles. The van der Waals surface area contributed by atoms with Gasteiger partial charge in [0, 0.05) is 17.7 Å². The van der Waals surface area contributed by atoms with Crippen molar-refractivity contribution >= 4 is 5.91 Å². The second-order valence-electron chi connectivity index (χ2n) is 5.44. The Kier molecular flexibility index (Phi) is 4.06. The zero-order chi connectivity index (χ0) is 16.4. The predicted octanol–water partition coefficient (Wildman–Crippen LogP) is 1.68. The minimum Gasteiger partial charge on any atom is -0.496 e. The molecule has 0 bridgehead atoms. The maximum absolute atomic E-state index is 12.3. The van der Waals surface area contributed by atoms with Gasteiger partial charge in [-0.05, 0) is 12.1 Å². The number of H-pyrrole nitrogens is 1. The third kappa shape index (κ3) is 2.79. The van der Waals surface area contributed by atoms with E-state index in [1.807, 2.05) is 24.3 Å². The van der Waals surface area contributed by atoms with E-state index in [9.17, 15) is 9.59 Å². The van der Waals surface area contributed by atoms with Crippen LogP contribution in [-0.4, -0.2) is 30.6 Å². The lowest BCUT2D eigenvalue weighted by molar-refractivity contribution is 0.0924. The Labute approximate surface area is 133 Å². The van der Waals surface area contributed by atoms with Crippen LogP contribution in [0, 0.1) is 0 Å². The number of pyridine rings is 1. The van der Waals surface area contributed by atoms with E-state index in [4.69, 9.17) is 9.47 Å². The van der Waals surface area contributed by atoms with E-state index < -0.39 is 11.5 Å². The Morgan fingerprint density at radius 2 is 2.13 bits per heavy atom. The molecule has 1 aromatic heterocycles. The quantitative estimate of drug-likeness (QED) is 0.900. The molecule has 0 radical (unpaired) electrons. The van der Waals surface area contributed by atoms with Crippen LogP contribution in [0.1, 0.15) is 28.8 Å². The van der Waals surface area contributed by atoms with Gasteiger partial charge < -0.3 is 19.8 Å². The molecule has 0 fully saturated rings. The van der Waals surface area contributed by atoms with Gasteiger partial charge in [-0.1, -0.05) is 25.1 Å². The van der Waals surface area contributed by atoms with Gasteiger partial charge in [0.05, 0.1) is 13.7 Å². The van der Waals surface area contributed by atoms with E-state index >= 15 is 0 Å². The zero-order valence-electron chi connectivity index (χ0n) is 13.0. The molecule has 0 unspecified atom stereocenters. The molecule has 1 aliphatic rings. The van der Waals surface area contributed by atoms with Crippen LogP contribution in [0.4, 0.5) is 0 Å². The number of para-hydroxylation sites is 1. The fourth-order valence-electron chi connectivity index (χ4n) is 2.78. The minimum absolute atomic E-state index is 0.0295. The Balaban J connectivity index is 1.71. The first-order valence-electron chi connectivity index (χ1n) is 7.41. The number of nitrogens with one attached hydrogen (secondary N) is 2. The Morgan fingerprint density at radius 3 is 2.87 bits per heavy atom. The molecular formula is C17H18N2O4. The predicted molar refractivity (Wildman–Crippen MR) is 85.2 cm³/mol. The number of carbonyl (C=O) groups is 1. The van der Waals surface area contributed by atoms with Crippen LogP contribution in [0.5, 0.6) is 11.5 Å². The molecule has 2 heterocycles. The molecule has 0 aliphatic carbocycles. The van der Waals surface area contributed by atoms with Crippen molar-refractivity contribution in [3.8, 4) is 11.5 Å². The number of methoxy groups -OCH3 is 1. The van der Waals surface area contributed by atoms with Crippen LogP contribution >= 0.6 is 0 Å². The van der Waals surface area contributed by atoms with Crippen molar-refractivity contribution in [3.05, 3.63) is 58.0 Å². The highest BCUT2D eigenvalue weighted by molar-refractivity contribution is 5.96. The number of aromatic amines is 1. The number of rotatable bonds is 4. The molecule has 1 amide bonds. The van der Waals surface area contributed by atoms with Crippen molar-refractivity contribution in [1.29, 1.82) is 0 Å². The Hall–Kier alpha value is -2.76. The highest BCUT2D eigenvalue weighted by Crippen LogP contribution is 2.37. The average Bonchev–Trinajstić information content (AvgIpc) is 2.89. The molecule has 3 rings (SSSR count). The van der Waals surface area contributed by atoms with Crippen molar-refractivity contribution in [2.45, 2.75) is 18.9 Å². The fourth-order valence-corrected chi connectivity index (χ4v) is 2.78. The molecule has 2 N–H and O–H groups in total. The van der Waals surface area contributed by atoms with Crippen LogP contribution in [0.3, 0.4) is 0 Å². The van der Waals surface area contributed by atoms with Gasteiger partial charge >= 0.3 is 0 Å². The monoisotopic (exact) mass is 314 g/mol. The molecule has 120 valence electrons. The zero-order valence-corrected chi connectivity index (χ0v) is 13.0. The smallest absolute Gasteiger partial charge is 0.264 e. The molecule has 2 atom stereocenters. The van der Waals surface area contributed by atoms with E-state index in [2.05, 4.69) is 17.2 Å². The van der Waals surface area contributed by atoms with E-state index in [1.54, 1.807) is 6.07 Å². The van der Waals surface area contributed by atoms with Crippen LogP contribution in [0.15, 0.2) is 41.3 Å². The van der Waals surface area contributed by atoms with Crippen LogP contribution in [0.25, 0.3) is 0 Å². The summed E-state index contributed by atoms with van der Waals surface area (Å²) in [4.78, 5) is 26.6. The van der Waals surface area contributed by atoms with Crippen molar-refractivity contribution in [1.82, 2.24) is 10.3 Å². The van der Waals surface area contributed by atoms with Crippen molar-refractivity contribution in [3.63, 3.8) is 0 Å². The van der Waals surface area contributed by atoms with Gasteiger partial charge in [0.15, 0.2) is 0 Å². The Bertz CT molecular complexity index is 784. The van der Waals surface area contributed by atoms with Gasteiger partial charge in [0.1, 0.15) is 23.2 Å². The molecule has 1 aliphatic heterocycles. The molecular weight excluding hydrogens is 296 g/mol. The second-order valence-corrected chi connectivity index (χ2v) is 5.44. The summed E-state index contributed by atoms with van der Waals surface area (Å²) < 4.78 is 10.9. The van der Waals surface area contributed by atoms with Gasteiger partial charge in [0.2, 0.25) is 0 Å². The number of aromatic nitrogens is 1. The first-order valence-corrected chi connectivity index (χ1v) is 7.41. The summed E-state index contributed by atoms with van der Waals surface area (Å²) in [6, 6.07) is 9.36. The van der Waals surface area contributed by atoms with Gasteiger partial charge in [-0.15, -0.1) is 0 Å². The van der Waals surface area contributed by atoms with Crippen molar-refractivity contribution in [2.75, 3.05) is 13.7 Å². The lowest BCUT2D eigenvalue weighted by atomic mass is 9.97. The van der Waals surface area contributed by atoms with Gasteiger partial charge in [-0.3, -0.25) is 9.59 Å². The normalized spacial score (nSPS) is 18.9. The number of ether oxygens (including phenoxy) is 2. The maximum atomic E-state index is 12.3. The third-order valence-electron chi connectivity index (χ3n) is 4.08. The SMILES string of the molecule is COc1cc[nH]c(=O)c1C(=O)NC[C@H]1Oc2ccccc2[C@H]1C. The molecule has 23 heavy (non-hydrogen) atoms. The standard InChI is InChI=1S/C17H18N2O4/c1-10-11-5-3-4-6-12(11)23-14(10)9-19-17(21)15-13(22-2)7-8-18-16(15)20/h3-8,10,14H,9H2,1-2H3,(H,18,20)(H,19,21)/t10-,14-/m1/s1. The molecule has 0 saturated carbocycles. The largest absolute Gasteiger partial charge is 0.496 e. The second kappa shape index (κ2) is 6.16. The van der Waals surface area contributed by atoms with Crippen molar-refractivity contribution < 1.29 is 14.3 Å². The molecule has 1 aromatic carbocycles. The van der Waals surface area contributed by atoms with E-state index in [1.165, 1.54) is 13.3 Å². The summed E-state index contributed by atoms with van der Waals surface area (Å²) in [5.41, 5.74) is 0.616. The molecule has 6 heteroatoms. The van der Waals surface area contributed by atoms with Crippen molar-refractivity contribution in [2.24, 2.45) is 0 Å². The van der Waals surface area contributed by atoms with Crippen LogP contribution < -0.4 is 20.3 Å². The van der Waals surface area contributed by atoms with Gasteiger partial charge in [-0.2, -0.15) is 0 Å². The van der Waals surface area contributed by atoms with Crippen LogP contribution in [-0.2, 0) is 0 Å². The molecule has 2 aromatic rings. The van der Waals surface area contributed by atoms with Gasteiger partial charge in [0.25, 0.3) is 11.5 Å². The lowest BCUT2D eigenvalue weighted by Gasteiger charge is -2.16. The number of hydrogen-bond acceptors (Lipinski definition) is 4. The Morgan fingerprint density at radius 1 is 1.35 bits per heavy atom.